The second-order valence-electron chi connectivity index (χ2n) is 4.97. The van der Waals surface area contributed by atoms with Crippen molar-refractivity contribution in [1.29, 1.82) is 0 Å². The molecule has 0 atom stereocenters. The Morgan fingerprint density at radius 2 is 1.76 bits per heavy atom. The molecular formula is C15H15N5O. The van der Waals surface area contributed by atoms with Gasteiger partial charge in [-0.1, -0.05) is 18.2 Å². The summed E-state index contributed by atoms with van der Waals surface area (Å²) in [6.45, 7) is 5.71. The highest BCUT2D eigenvalue weighted by atomic mass is 16.3. The van der Waals surface area contributed by atoms with Crippen LogP contribution in [0.2, 0.25) is 0 Å². The highest BCUT2D eigenvalue weighted by molar-refractivity contribution is 5.95. The van der Waals surface area contributed by atoms with Gasteiger partial charge in [0.25, 0.3) is 5.95 Å². The molecule has 6 heteroatoms. The predicted octanol–water partition coefficient (Wildman–Crippen LogP) is 4.00. The largest absolute Gasteiger partial charge is 0.493 e. The second kappa shape index (κ2) is 4.97. The van der Waals surface area contributed by atoms with Crippen molar-refractivity contribution in [1.82, 2.24) is 15.0 Å². The summed E-state index contributed by atoms with van der Waals surface area (Å²) < 4.78 is 0. The van der Waals surface area contributed by atoms with Gasteiger partial charge >= 0.3 is 0 Å². The van der Waals surface area contributed by atoms with Crippen molar-refractivity contribution >= 4 is 22.5 Å². The first-order chi connectivity index (χ1) is 10.0. The second-order valence-corrected chi connectivity index (χ2v) is 4.97. The van der Waals surface area contributed by atoms with Crippen molar-refractivity contribution < 1.29 is 5.11 Å². The Bertz CT molecular complexity index is 830. The van der Waals surface area contributed by atoms with E-state index in [9.17, 15) is 5.11 Å². The van der Waals surface area contributed by atoms with Gasteiger partial charge in [0, 0.05) is 16.8 Å². The van der Waals surface area contributed by atoms with E-state index in [1.807, 2.05) is 45.0 Å². The van der Waals surface area contributed by atoms with E-state index in [1.54, 1.807) is 0 Å². The number of aromatic hydroxyl groups is 1. The van der Waals surface area contributed by atoms with Gasteiger partial charge < -0.3 is 10.1 Å². The molecule has 0 aliphatic heterocycles. The number of aromatic amines is 1. The first-order valence-electron chi connectivity index (χ1n) is 6.59. The molecule has 0 aliphatic carbocycles. The Labute approximate surface area is 121 Å². The smallest absolute Gasteiger partial charge is 0.269 e. The van der Waals surface area contributed by atoms with Gasteiger partial charge in [0.1, 0.15) is 0 Å². The van der Waals surface area contributed by atoms with Crippen molar-refractivity contribution in [2.75, 3.05) is 0 Å². The third-order valence-electron chi connectivity index (χ3n) is 3.21. The lowest BCUT2D eigenvalue weighted by atomic mass is 10.1. The van der Waals surface area contributed by atoms with Crippen LogP contribution in [0.15, 0.2) is 34.5 Å². The number of nitrogens with zero attached hydrogens (tertiary/aromatic N) is 4. The van der Waals surface area contributed by atoms with Crippen LogP contribution in [-0.2, 0) is 0 Å². The maximum absolute atomic E-state index is 10.00. The molecule has 2 aromatic heterocycles. The number of aryl methyl sites for hydroxylation is 3. The number of rotatable bonds is 2. The molecule has 0 fully saturated rings. The molecule has 0 saturated heterocycles. The Hall–Kier alpha value is -2.76. The van der Waals surface area contributed by atoms with E-state index < -0.39 is 0 Å². The molecule has 2 heterocycles. The zero-order chi connectivity index (χ0) is 15.0. The summed E-state index contributed by atoms with van der Waals surface area (Å²) in [5, 5.41) is 19.0. The number of nitrogens with one attached hydrogen (secondary N) is 1. The van der Waals surface area contributed by atoms with Crippen LogP contribution >= 0.6 is 0 Å². The van der Waals surface area contributed by atoms with Crippen molar-refractivity contribution in [3.05, 3.63) is 41.2 Å². The first-order valence-corrected chi connectivity index (χ1v) is 6.59. The molecule has 0 unspecified atom stereocenters. The van der Waals surface area contributed by atoms with E-state index in [-0.39, 0.29) is 11.8 Å². The molecule has 21 heavy (non-hydrogen) atoms. The molecule has 2 N–H and O–H groups in total. The summed E-state index contributed by atoms with van der Waals surface area (Å²) in [4.78, 5) is 11.3. The van der Waals surface area contributed by atoms with Crippen LogP contribution in [0.4, 0.5) is 11.6 Å². The van der Waals surface area contributed by atoms with Gasteiger partial charge in [-0.2, -0.15) is 0 Å². The lowest BCUT2D eigenvalue weighted by Gasteiger charge is -1.97. The fourth-order valence-corrected chi connectivity index (χ4v) is 2.28. The number of aromatic nitrogens is 3. The van der Waals surface area contributed by atoms with E-state index in [1.165, 1.54) is 0 Å². The summed E-state index contributed by atoms with van der Waals surface area (Å²) in [6.07, 6.45) is 0. The van der Waals surface area contributed by atoms with Crippen LogP contribution in [-0.4, -0.2) is 20.1 Å². The van der Waals surface area contributed by atoms with Crippen molar-refractivity contribution in [3.8, 4) is 5.88 Å². The van der Waals surface area contributed by atoms with Crippen LogP contribution in [0.5, 0.6) is 5.88 Å². The van der Waals surface area contributed by atoms with Crippen LogP contribution in [0.1, 0.15) is 17.0 Å². The van der Waals surface area contributed by atoms with Gasteiger partial charge in [-0.25, -0.2) is 9.97 Å². The molecule has 3 rings (SSSR count). The first kappa shape index (κ1) is 13.2. The zero-order valence-corrected chi connectivity index (χ0v) is 12.0. The molecule has 1 aromatic carbocycles. The van der Waals surface area contributed by atoms with E-state index in [2.05, 4.69) is 25.2 Å². The van der Waals surface area contributed by atoms with Gasteiger partial charge in [0.2, 0.25) is 5.88 Å². The van der Waals surface area contributed by atoms with E-state index in [0.717, 1.165) is 27.9 Å². The maximum Gasteiger partial charge on any atom is 0.269 e. The van der Waals surface area contributed by atoms with Crippen molar-refractivity contribution in [2.24, 2.45) is 10.2 Å². The summed E-state index contributed by atoms with van der Waals surface area (Å²) in [7, 11) is 0. The van der Waals surface area contributed by atoms with E-state index in [0.29, 0.717) is 5.69 Å². The Morgan fingerprint density at radius 3 is 2.48 bits per heavy atom. The number of H-pyrrole nitrogens is 1. The van der Waals surface area contributed by atoms with Crippen LogP contribution in [0, 0.1) is 20.8 Å². The number of fused-ring (bicyclic) bond motifs is 1. The summed E-state index contributed by atoms with van der Waals surface area (Å²) in [5.41, 5.74) is 3.94. The van der Waals surface area contributed by atoms with Crippen molar-refractivity contribution in [2.45, 2.75) is 20.8 Å². The predicted molar refractivity (Wildman–Crippen MR) is 80.4 cm³/mol. The van der Waals surface area contributed by atoms with Crippen LogP contribution in [0.25, 0.3) is 10.9 Å². The van der Waals surface area contributed by atoms with Gasteiger partial charge in [0.05, 0.1) is 5.52 Å². The summed E-state index contributed by atoms with van der Waals surface area (Å²) in [6, 6.07) is 7.63. The van der Waals surface area contributed by atoms with Crippen LogP contribution < -0.4 is 0 Å². The molecule has 0 spiro atoms. The molecule has 0 saturated carbocycles. The maximum atomic E-state index is 10.00. The molecule has 0 aliphatic rings. The highest BCUT2D eigenvalue weighted by Gasteiger charge is 2.11. The zero-order valence-electron chi connectivity index (χ0n) is 12.0. The Morgan fingerprint density at radius 1 is 1.05 bits per heavy atom. The SMILES string of the molecule is Cc1cc(C)nc(N=Nc2c(O)[nH]c3c(C)cccc23)n1. The summed E-state index contributed by atoms with van der Waals surface area (Å²) >= 11 is 0. The minimum atomic E-state index is -0.00701. The third kappa shape index (κ3) is 2.47. The minimum absolute atomic E-state index is 0.00701. The van der Waals surface area contributed by atoms with Gasteiger partial charge in [-0.3, -0.25) is 0 Å². The minimum Gasteiger partial charge on any atom is -0.493 e. The average Bonchev–Trinajstić information content (AvgIpc) is 2.73. The molecular weight excluding hydrogens is 266 g/mol. The fourth-order valence-electron chi connectivity index (χ4n) is 2.28. The lowest BCUT2D eigenvalue weighted by Crippen LogP contribution is -1.87. The van der Waals surface area contributed by atoms with Crippen LogP contribution in [0.3, 0.4) is 0 Å². The van der Waals surface area contributed by atoms with E-state index >= 15 is 0 Å². The number of para-hydroxylation sites is 1. The Kier molecular flexibility index (Phi) is 3.13. The number of hydrogen-bond donors (Lipinski definition) is 2. The third-order valence-corrected chi connectivity index (χ3v) is 3.21. The molecule has 3 aromatic rings. The highest BCUT2D eigenvalue weighted by Crippen LogP contribution is 2.37. The quantitative estimate of drug-likeness (QED) is 0.696. The topological polar surface area (TPSA) is 86.5 Å². The van der Waals surface area contributed by atoms with Gasteiger partial charge in [0.15, 0.2) is 5.69 Å². The standard InChI is InChI=1S/C15H15N5O/c1-8-5-4-6-11-12(8)18-14(21)13(11)19-20-15-16-9(2)7-10(3)17-15/h4-7,18,21H,1-3H3. The van der Waals surface area contributed by atoms with E-state index in [4.69, 9.17) is 0 Å². The number of azo groups is 1. The molecule has 0 radical (unpaired) electrons. The van der Waals surface area contributed by atoms with Gasteiger partial charge in [-0.05, 0) is 32.4 Å². The lowest BCUT2D eigenvalue weighted by molar-refractivity contribution is 0.459. The molecule has 0 amide bonds. The normalized spacial score (nSPS) is 11.6. The van der Waals surface area contributed by atoms with Gasteiger partial charge in [-0.15, -0.1) is 10.2 Å². The van der Waals surface area contributed by atoms with Crippen molar-refractivity contribution in [3.63, 3.8) is 0 Å². The average molecular weight is 281 g/mol. The fraction of sp³-hybridized carbons (Fsp3) is 0.200. The monoisotopic (exact) mass is 281 g/mol. The summed E-state index contributed by atoms with van der Waals surface area (Å²) in [5.74, 6) is 0.279. The molecule has 6 nitrogen and oxygen atoms in total. The number of hydrogen-bond acceptors (Lipinski definition) is 5. The number of benzene rings is 1. The molecule has 106 valence electrons. The molecule has 0 bridgehead atoms. The Balaban J connectivity index is 2.07.